The van der Waals surface area contributed by atoms with Crippen molar-refractivity contribution in [1.82, 2.24) is 9.97 Å². The number of fused-ring (bicyclic) bond motifs is 4. The summed E-state index contributed by atoms with van der Waals surface area (Å²) in [4.78, 5) is 8.79. The molecule has 3 heterocycles. The first kappa shape index (κ1) is 12.5. The van der Waals surface area contributed by atoms with Crippen LogP contribution in [0.2, 0.25) is 0 Å². The van der Waals surface area contributed by atoms with Gasteiger partial charge in [0.15, 0.2) is 17.1 Å². The molecule has 0 amide bonds. The monoisotopic (exact) mass is 304 g/mol. The van der Waals surface area contributed by atoms with Crippen molar-refractivity contribution >= 4 is 22.1 Å². The quantitative estimate of drug-likeness (QED) is 0.565. The fraction of sp³-hybridized carbons (Fsp3) is 0.111. The second-order valence-electron chi connectivity index (χ2n) is 5.46. The van der Waals surface area contributed by atoms with Gasteiger partial charge in [0.1, 0.15) is 17.4 Å². The van der Waals surface area contributed by atoms with E-state index in [4.69, 9.17) is 13.9 Å². The molecule has 0 saturated carbocycles. The van der Waals surface area contributed by atoms with Crippen LogP contribution in [0.4, 0.5) is 0 Å². The molecule has 0 fully saturated rings. The van der Waals surface area contributed by atoms with E-state index < -0.39 is 0 Å². The van der Waals surface area contributed by atoms with Gasteiger partial charge >= 0.3 is 0 Å². The van der Waals surface area contributed by atoms with Gasteiger partial charge in [-0.2, -0.15) is 0 Å². The summed E-state index contributed by atoms with van der Waals surface area (Å²) in [6.07, 6.45) is 2.24. The van der Waals surface area contributed by atoms with Crippen molar-refractivity contribution in [2.24, 2.45) is 0 Å². The van der Waals surface area contributed by atoms with E-state index in [2.05, 4.69) is 9.97 Å². The number of benzene rings is 2. The van der Waals surface area contributed by atoms with E-state index in [1.807, 2.05) is 42.5 Å². The highest BCUT2D eigenvalue weighted by molar-refractivity contribution is 6.02. The molecule has 1 aliphatic rings. The lowest BCUT2D eigenvalue weighted by molar-refractivity contribution is 0.174. The zero-order valence-corrected chi connectivity index (χ0v) is 12.2. The summed E-state index contributed by atoms with van der Waals surface area (Å²) in [5, 5.41) is 1.01. The first-order valence-corrected chi connectivity index (χ1v) is 7.38. The molecule has 112 valence electrons. The van der Waals surface area contributed by atoms with E-state index in [1.165, 1.54) is 0 Å². The molecule has 0 radical (unpaired) electrons. The summed E-state index contributed by atoms with van der Waals surface area (Å²) < 4.78 is 16.7. The summed E-state index contributed by atoms with van der Waals surface area (Å²) in [6.45, 7) is 0.278. The molecular weight excluding hydrogens is 292 g/mol. The van der Waals surface area contributed by atoms with Crippen molar-refractivity contribution < 1.29 is 13.9 Å². The predicted molar refractivity (Wildman–Crippen MR) is 84.7 cm³/mol. The van der Waals surface area contributed by atoms with Gasteiger partial charge in [0.25, 0.3) is 0 Å². The van der Waals surface area contributed by atoms with Crippen LogP contribution in [-0.2, 0) is 6.42 Å². The van der Waals surface area contributed by atoms with Crippen LogP contribution in [0.3, 0.4) is 0 Å². The largest absolute Gasteiger partial charge is 0.454 e. The van der Waals surface area contributed by atoms with Crippen LogP contribution in [0.15, 0.2) is 53.2 Å². The number of aromatic nitrogens is 2. The fourth-order valence-corrected chi connectivity index (χ4v) is 2.94. The number of hydrogen-bond acceptors (Lipinski definition) is 5. The standard InChI is InChI=1S/C18H12N2O3/c1-2-4-14-12(3-1)17-18(23-14)13(19-9-20-17)7-11-5-6-15-16(8-11)22-10-21-15/h1-6,8-9H,7,10H2. The Morgan fingerprint density at radius 2 is 1.87 bits per heavy atom. The molecule has 5 rings (SSSR count). The maximum absolute atomic E-state index is 5.97. The fourth-order valence-electron chi connectivity index (χ4n) is 2.94. The molecule has 5 nitrogen and oxygen atoms in total. The topological polar surface area (TPSA) is 57.4 Å². The molecule has 0 bridgehead atoms. The molecule has 1 aliphatic heterocycles. The molecule has 0 N–H and O–H groups in total. The lowest BCUT2D eigenvalue weighted by Crippen LogP contribution is -1.94. The Bertz CT molecular complexity index is 1040. The van der Waals surface area contributed by atoms with E-state index in [0.717, 1.165) is 44.8 Å². The molecule has 0 atom stereocenters. The maximum Gasteiger partial charge on any atom is 0.231 e. The van der Waals surface area contributed by atoms with Crippen LogP contribution in [-0.4, -0.2) is 16.8 Å². The first-order chi connectivity index (χ1) is 11.4. The van der Waals surface area contributed by atoms with Crippen LogP contribution in [0, 0.1) is 0 Å². The Labute approximate surface area is 131 Å². The zero-order chi connectivity index (χ0) is 15.2. The van der Waals surface area contributed by atoms with Crippen molar-refractivity contribution in [3.63, 3.8) is 0 Å². The maximum atomic E-state index is 5.97. The highest BCUT2D eigenvalue weighted by Crippen LogP contribution is 2.34. The molecule has 0 saturated heterocycles. The van der Waals surface area contributed by atoms with Crippen molar-refractivity contribution in [3.05, 3.63) is 60.0 Å². The molecule has 4 aromatic rings. The van der Waals surface area contributed by atoms with Gasteiger partial charge in [-0.3, -0.25) is 0 Å². The minimum Gasteiger partial charge on any atom is -0.454 e. The summed E-state index contributed by atoms with van der Waals surface area (Å²) in [5.74, 6) is 1.56. The second kappa shape index (κ2) is 4.71. The van der Waals surface area contributed by atoms with Gasteiger partial charge in [-0.25, -0.2) is 9.97 Å². The van der Waals surface area contributed by atoms with Gasteiger partial charge in [-0.1, -0.05) is 18.2 Å². The molecule has 5 heteroatoms. The number of para-hydroxylation sites is 1. The van der Waals surface area contributed by atoms with Crippen LogP contribution in [0.25, 0.3) is 22.1 Å². The van der Waals surface area contributed by atoms with Crippen LogP contribution in [0.5, 0.6) is 11.5 Å². The van der Waals surface area contributed by atoms with E-state index >= 15 is 0 Å². The number of furan rings is 1. The Kier molecular flexibility index (Phi) is 2.55. The lowest BCUT2D eigenvalue weighted by Gasteiger charge is -2.03. The lowest BCUT2D eigenvalue weighted by atomic mass is 10.1. The van der Waals surface area contributed by atoms with Crippen molar-refractivity contribution in [3.8, 4) is 11.5 Å². The van der Waals surface area contributed by atoms with Gasteiger partial charge in [-0.15, -0.1) is 0 Å². The van der Waals surface area contributed by atoms with Crippen LogP contribution in [0.1, 0.15) is 11.3 Å². The third-order valence-electron chi connectivity index (χ3n) is 4.04. The SMILES string of the molecule is c1ccc2c(c1)oc1c(Cc3ccc4c(c3)OCO4)ncnc12. The van der Waals surface area contributed by atoms with E-state index in [1.54, 1.807) is 6.33 Å². The number of hydrogen-bond donors (Lipinski definition) is 0. The van der Waals surface area contributed by atoms with Crippen LogP contribution < -0.4 is 9.47 Å². The minimum absolute atomic E-state index is 0.278. The number of ether oxygens (including phenoxy) is 2. The summed E-state index contributed by atoms with van der Waals surface area (Å²) in [7, 11) is 0. The molecule has 0 unspecified atom stereocenters. The third kappa shape index (κ3) is 1.93. The molecule has 0 aliphatic carbocycles. The van der Waals surface area contributed by atoms with Gasteiger partial charge in [0.2, 0.25) is 6.79 Å². The average molecular weight is 304 g/mol. The second-order valence-corrected chi connectivity index (χ2v) is 5.46. The molecular formula is C18H12N2O3. The van der Waals surface area contributed by atoms with E-state index in [9.17, 15) is 0 Å². The number of rotatable bonds is 2. The molecule has 2 aromatic carbocycles. The number of nitrogens with zero attached hydrogens (tertiary/aromatic N) is 2. The molecule has 0 spiro atoms. The highest BCUT2D eigenvalue weighted by atomic mass is 16.7. The van der Waals surface area contributed by atoms with Crippen LogP contribution >= 0.6 is 0 Å². The highest BCUT2D eigenvalue weighted by Gasteiger charge is 2.16. The summed E-state index contributed by atoms with van der Waals surface area (Å²) in [6, 6.07) is 13.8. The van der Waals surface area contributed by atoms with Gasteiger partial charge in [0.05, 0.1) is 5.69 Å². The summed E-state index contributed by atoms with van der Waals surface area (Å²) >= 11 is 0. The van der Waals surface area contributed by atoms with Gasteiger partial charge in [0, 0.05) is 11.8 Å². The molecule has 2 aromatic heterocycles. The van der Waals surface area contributed by atoms with Gasteiger partial charge in [-0.05, 0) is 29.8 Å². The van der Waals surface area contributed by atoms with Gasteiger partial charge < -0.3 is 13.9 Å². The average Bonchev–Trinajstić information content (AvgIpc) is 3.19. The normalized spacial score (nSPS) is 13.0. The van der Waals surface area contributed by atoms with Crippen molar-refractivity contribution in [1.29, 1.82) is 0 Å². The first-order valence-electron chi connectivity index (χ1n) is 7.38. The smallest absolute Gasteiger partial charge is 0.231 e. The third-order valence-corrected chi connectivity index (χ3v) is 4.04. The Morgan fingerprint density at radius 3 is 2.87 bits per heavy atom. The minimum atomic E-state index is 0.278. The zero-order valence-electron chi connectivity index (χ0n) is 12.2. The summed E-state index contributed by atoms with van der Waals surface area (Å²) in [5.41, 5.74) is 4.38. The predicted octanol–water partition coefficient (Wildman–Crippen LogP) is 3.70. The van der Waals surface area contributed by atoms with E-state index in [0.29, 0.717) is 6.42 Å². The Morgan fingerprint density at radius 1 is 0.957 bits per heavy atom. The van der Waals surface area contributed by atoms with Crippen molar-refractivity contribution in [2.75, 3.05) is 6.79 Å². The Balaban J connectivity index is 1.63. The van der Waals surface area contributed by atoms with E-state index in [-0.39, 0.29) is 6.79 Å². The van der Waals surface area contributed by atoms with Crippen molar-refractivity contribution in [2.45, 2.75) is 6.42 Å². The Hall–Kier alpha value is -3.08. The molecule has 23 heavy (non-hydrogen) atoms.